The third-order valence-corrected chi connectivity index (χ3v) is 1.91. The summed E-state index contributed by atoms with van der Waals surface area (Å²) in [7, 11) is 1.50. The van der Waals surface area contributed by atoms with Crippen LogP contribution < -0.4 is 4.74 Å². The van der Waals surface area contributed by atoms with Crippen LogP contribution in [0, 0.1) is 5.82 Å². The normalized spacial score (nSPS) is 9.77. The predicted molar refractivity (Wildman–Crippen MR) is 47.7 cm³/mol. The molecule has 0 amide bonds. The molecule has 0 N–H and O–H groups in total. The fourth-order valence-corrected chi connectivity index (χ4v) is 1.17. The van der Waals surface area contributed by atoms with Crippen molar-refractivity contribution in [2.24, 2.45) is 0 Å². The summed E-state index contributed by atoms with van der Waals surface area (Å²) in [6.45, 7) is 1.90. The molecule has 13 heavy (non-hydrogen) atoms. The largest absolute Gasteiger partial charge is 0.496 e. The van der Waals surface area contributed by atoms with Gasteiger partial charge in [-0.3, -0.25) is 4.79 Å². The molecule has 2 nitrogen and oxygen atoms in total. The Morgan fingerprint density at radius 1 is 1.54 bits per heavy atom. The molecule has 1 rings (SSSR count). The molecule has 0 heterocycles. The Morgan fingerprint density at radius 3 is 2.69 bits per heavy atom. The van der Waals surface area contributed by atoms with E-state index in [9.17, 15) is 9.18 Å². The van der Waals surface area contributed by atoms with Crippen LogP contribution in [-0.4, -0.2) is 13.4 Å². The highest BCUT2D eigenvalue weighted by atomic mass is 19.1. The van der Waals surface area contributed by atoms with Gasteiger partial charge in [0, 0.05) is 0 Å². The van der Waals surface area contributed by atoms with Crippen molar-refractivity contribution < 1.29 is 13.9 Å². The fraction of sp³-hybridized carbons (Fsp3) is 0.300. The number of halogens is 1. The van der Waals surface area contributed by atoms with Crippen LogP contribution in [0.5, 0.6) is 5.75 Å². The van der Waals surface area contributed by atoms with Gasteiger partial charge < -0.3 is 4.74 Å². The molecule has 0 saturated carbocycles. The summed E-state index contributed by atoms with van der Waals surface area (Å²) >= 11 is 0. The number of rotatable bonds is 3. The number of ether oxygens (including phenoxy) is 1. The first-order valence-electron chi connectivity index (χ1n) is 4.04. The smallest absolute Gasteiger partial charge is 0.153 e. The minimum absolute atomic E-state index is 0.0362. The van der Waals surface area contributed by atoms with Gasteiger partial charge in [0.25, 0.3) is 0 Å². The molecular weight excluding hydrogens is 171 g/mol. The average molecular weight is 182 g/mol. The lowest BCUT2D eigenvalue weighted by Crippen LogP contribution is -1.96. The zero-order chi connectivity index (χ0) is 9.84. The molecule has 3 heteroatoms. The predicted octanol–water partition coefficient (Wildman–Crippen LogP) is 2.21. The third-order valence-electron chi connectivity index (χ3n) is 1.91. The van der Waals surface area contributed by atoms with Crippen molar-refractivity contribution in [1.29, 1.82) is 0 Å². The maximum absolute atomic E-state index is 13.1. The van der Waals surface area contributed by atoms with E-state index in [-0.39, 0.29) is 5.56 Å². The summed E-state index contributed by atoms with van der Waals surface area (Å²) in [5.74, 6) is 0.0682. The van der Waals surface area contributed by atoms with Crippen molar-refractivity contribution >= 4 is 6.29 Å². The zero-order valence-corrected chi connectivity index (χ0v) is 7.63. The van der Waals surface area contributed by atoms with Gasteiger partial charge in [-0.25, -0.2) is 4.39 Å². The number of carbonyl (C=O) groups excluding carboxylic acids is 1. The fourth-order valence-electron chi connectivity index (χ4n) is 1.17. The van der Waals surface area contributed by atoms with E-state index in [1.807, 2.05) is 6.92 Å². The van der Waals surface area contributed by atoms with Crippen molar-refractivity contribution in [1.82, 2.24) is 0 Å². The van der Waals surface area contributed by atoms with Crippen LogP contribution in [0.4, 0.5) is 4.39 Å². The molecule has 0 radical (unpaired) electrons. The van der Waals surface area contributed by atoms with Gasteiger partial charge in [0.1, 0.15) is 11.6 Å². The molecule has 0 unspecified atom stereocenters. The summed E-state index contributed by atoms with van der Waals surface area (Å²) in [5.41, 5.74) is 0.805. The van der Waals surface area contributed by atoms with Crippen molar-refractivity contribution in [3.8, 4) is 5.75 Å². The number of hydrogen-bond acceptors (Lipinski definition) is 2. The molecule has 0 aliphatic carbocycles. The first-order chi connectivity index (χ1) is 6.22. The van der Waals surface area contributed by atoms with Gasteiger partial charge >= 0.3 is 0 Å². The van der Waals surface area contributed by atoms with Crippen LogP contribution in [-0.2, 0) is 6.42 Å². The maximum Gasteiger partial charge on any atom is 0.153 e. The Balaban J connectivity index is 3.26. The van der Waals surface area contributed by atoms with Gasteiger partial charge in [-0.2, -0.15) is 0 Å². The first-order valence-corrected chi connectivity index (χ1v) is 4.04. The lowest BCUT2D eigenvalue weighted by molar-refractivity contribution is 0.111. The molecule has 1 aromatic carbocycles. The number of methoxy groups -OCH3 is 1. The van der Waals surface area contributed by atoms with E-state index in [1.54, 1.807) is 0 Å². The summed E-state index contributed by atoms with van der Waals surface area (Å²) in [6.07, 6.45) is 1.16. The standard InChI is InChI=1S/C10H11FO2/c1-3-7-4-9(11)8(6-12)5-10(7)13-2/h4-6H,3H2,1-2H3. The van der Waals surface area contributed by atoms with Gasteiger partial charge in [-0.1, -0.05) is 6.92 Å². The molecule has 0 fully saturated rings. The van der Waals surface area contributed by atoms with E-state index in [2.05, 4.69) is 0 Å². The number of aldehydes is 1. The second-order valence-corrected chi connectivity index (χ2v) is 2.66. The highest BCUT2D eigenvalue weighted by molar-refractivity contribution is 5.76. The van der Waals surface area contributed by atoms with Crippen LogP contribution in [0.3, 0.4) is 0 Å². The van der Waals surface area contributed by atoms with Gasteiger partial charge in [0.05, 0.1) is 12.7 Å². The van der Waals surface area contributed by atoms with Crippen molar-refractivity contribution in [2.45, 2.75) is 13.3 Å². The van der Waals surface area contributed by atoms with E-state index in [0.29, 0.717) is 18.5 Å². The molecule has 0 spiro atoms. The second kappa shape index (κ2) is 4.03. The lowest BCUT2D eigenvalue weighted by Gasteiger charge is -2.07. The topological polar surface area (TPSA) is 26.3 Å². The van der Waals surface area contributed by atoms with Crippen LogP contribution >= 0.6 is 0 Å². The monoisotopic (exact) mass is 182 g/mol. The van der Waals surface area contributed by atoms with Crippen molar-refractivity contribution in [3.05, 3.63) is 29.1 Å². The Labute approximate surface area is 76.3 Å². The maximum atomic E-state index is 13.1. The van der Waals surface area contributed by atoms with E-state index in [0.717, 1.165) is 5.56 Å². The number of benzene rings is 1. The Kier molecular flexibility index (Phi) is 3.01. The van der Waals surface area contributed by atoms with E-state index >= 15 is 0 Å². The molecule has 1 aromatic rings. The van der Waals surface area contributed by atoms with Crippen LogP contribution in [0.2, 0.25) is 0 Å². The highest BCUT2D eigenvalue weighted by Crippen LogP contribution is 2.22. The summed E-state index contributed by atoms with van der Waals surface area (Å²) in [5, 5.41) is 0. The van der Waals surface area contributed by atoms with Crippen LogP contribution in [0.15, 0.2) is 12.1 Å². The Morgan fingerprint density at radius 2 is 2.23 bits per heavy atom. The van der Waals surface area contributed by atoms with E-state index in [4.69, 9.17) is 4.74 Å². The summed E-state index contributed by atoms with van der Waals surface area (Å²) in [6, 6.07) is 2.75. The number of hydrogen-bond donors (Lipinski definition) is 0. The van der Waals surface area contributed by atoms with Gasteiger partial charge in [-0.15, -0.1) is 0 Å². The molecule has 0 bridgehead atoms. The minimum Gasteiger partial charge on any atom is -0.496 e. The van der Waals surface area contributed by atoms with Gasteiger partial charge in [-0.05, 0) is 24.1 Å². The average Bonchev–Trinajstić information content (AvgIpc) is 2.17. The van der Waals surface area contributed by atoms with E-state index < -0.39 is 5.82 Å². The molecule has 0 saturated heterocycles. The van der Waals surface area contributed by atoms with Gasteiger partial charge in [0.2, 0.25) is 0 Å². The summed E-state index contributed by atoms with van der Waals surface area (Å²) in [4.78, 5) is 10.4. The van der Waals surface area contributed by atoms with Crippen LogP contribution in [0.25, 0.3) is 0 Å². The SMILES string of the molecule is CCc1cc(F)c(C=O)cc1OC. The highest BCUT2D eigenvalue weighted by Gasteiger charge is 2.07. The molecule has 0 aliphatic heterocycles. The lowest BCUT2D eigenvalue weighted by atomic mass is 10.1. The quantitative estimate of drug-likeness (QED) is 0.670. The minimum atomic E-state index is -0.493. The molecular formula is C10H11FO2. The Hall–Kier alpha value is -1.38. The molecule has 0 aliphatic rings. The molecule has 0 atom stereocenters. The summed E-state index contributed by atoms with van der Waals surface area (Å²) < 4.78 is 18.1. The zero-order valence-electron chi connectivity index (χ0n) is 7.63. The number of aryl methyl sites for hydroxylation is 1. The van der Waals surface area contributed by atoms with Gasteiger partial charge in [0.15, 0.2) is 6.29 Å². The van der Waals surface area contributed by atoms with Crippen molar-refractivity contribution in [3.63, 3.8) is 0 Å². The van der Waals surface area contributed by atoms with Crippen molar-refractivity contribution in [2.75, 3.05) is 7.11 Å². The first kappa shape index (κ1) is 9.71. The molecule has 70 valence electrons. The number of carbonyl (C=O) groups is 1. The third kappa shape index (κ3) is 1.86. The Bertz CT molecular complexity index is 321. The van der Waals surface area contributed by atoms with E-state index in [1.165, 1.54) is 19.2 Å². The second-order valence-electron chi connectivity index (χ2n) is 2.66. The van der Waals surface area contributed by atoms with Crippen LogP contribution in [0.1, 0.15) is 22.8 Å². The molecule has 0 aromatic heterocycles.